The maximum absolute atomic E-state index is 14.2. The number of aryl methyl sites for hydroxylation is 2. The minimum atomic E-state index is -4.08. The lowest BCUT2D eigenvalue weighted by molar-refractivity contribution is 0.357. The van der Waals surface area contributed by atoms with Gasteiger partial charge in [0.25, 0.3) is 10.0 Å². The third-order valence-corrected chi connectivity index (χ3v) is 8.06. The lowest BCUT2D eigenvalue weighted by Crippen LogP contribution is -2.39. The Hall–Kier alpha value is -4.02. The summed E-state index contributed by atoms with van der Waals surface area (Å²) in [6.07, 6.45) is 0. The Kier molecular flexibility index (Phi) is 5.18. The highest BCUT2D eigenvalue weighted by atomic mass is 32.2. The van der Waals surface area contributed by atoms with Gasteiger partial charge >= 0.3 is 0 Å². The van der Waals surface area contributed by atoms with Crippen molar-refractivity contribution in [1.29, 1.82) is 5.26 Å². The monoisotopic (exact) mass is 469 g/mol. The number of hydrogen-bond donors (Lipinski definition) is 1. The molecule has 2 aliphatic heterocycles. The van der Waals surface area contributed by atoms with Gasteiger partial charge in [-0.1, -0.05) is 71.8 Å². The summed E-state index contributed by atoms with van der Waals surface area (Å²) < 4.78 is 35.7. The van der Waals surface area contributed by atoms with Gasteiger partial charge in [-0.3, -0.25) is 4.31 Å². The molecule has 0 spiro atoms. The predicted octanol–water partition coefficient (Wildman–Crippen LogP) is 4.83. The van der Waals surface area contributed by atoms with Gasteiger partial charge in [0.1, 0.15) is 16.5 Å². The zero-order chi connectivity index (χ0) is 24.0. The first-order chi connectivity index (χ1) is 16.3. The zero-order valence-corrected chi connectivity index (χ0v) is 19.6. The Labute approximate surface area is 199 Å². The van der Waals surface area contributed by atoms with Gasteiger partial charge in [0.05, 0.1) is 18.2 Å². The number of ether oxygens (including phenoxy) is 1. The SMILES string of the molecule is Cc1ccc([C@@H]2C(C#N)=C(N)OC3=C2S(=O)(=O)N(Cc2cccc(C)c2)c2ccccc23)cc1. The van der Waals surface area contributed by atoms with Gasteiger partial charge in [-0.05, 0) is 37.1 Å². The van der Waals surface area contributed by atoms with Crippen LogP contribution in [0, 0.1) is 25.2 Å². The van der Waals surface area contributed by atoms with Gasteiger partial charge in [-0.2, -0.15) is 5.26 Å². The molecule has 0 radical (unpaired) electrons. The van der Waals surface area contributed by atoms with E-state index in [-0.39, 0.29) is 28.7 Å². The first-order valence-electron chi connectivity index (χ1n) is 10.9. The summed E-state index contributed by atoms with van der Waals surface area (Å²) in [4.78, 5) is 0.0356. The van der Waals surface area contributed by atoms with Crippen molar-refractivity contribution in [2.45, 2.75) is 26.3 Å². The fourth-order valence-corrected chi connectivity index (χ4v) is 6.46. The number of fused-ring (bicyclic) bond motifs is 2. The van der Waals surface area contributed by atoms with Gasteiger partial charge in [-0.25, -0.2) is 8.42 Å². The standard InChI is InChI=1S/C27H23N3O3S/c1-17-10-12-20(13-11-17)24-22(15-28)27(29)33-25-21-8-3-4-9-23(21)30(34(31,32)26(24)25)16-19-7-5-6-18(2)14-19/h3-14,24H,16,29H2,1-2H3/t24-/m1/s1. The zero-order valence-electron chi connectivity index (χ0n) is 18.8. The Bertz CT molecular complexity index is 1510. The molecule has 0 fully saturated rings. The molecule has 0 bridgehead atoms. The van der Waals surface area contributed by atoms with E-state index in [1.54, 1.807) is 12.1 Å². The number of rotatable bonds is 3. The number of sulfonamides is 1. The van der Waals surface area contributed by atoms with Gasteiger partial charge in [0.15, 0.2) is 5.76 Å². The van der Waals surface area contributed by atoms with Crippen LogP contribution in [0.3, 0.4) is 0 Å². The van der Waals surface area contributed by atoms with Crippen LogP contribution in [-0.4, -0.2) is 8.42 Å². The van der Waals surface area contributed by atoms with E-state index in [4.69, 9.17) is 10.5 Å². The minimum absolute atomic E-state index is 0.0356. The number of nitriles is 1. The molecule has 0 aromatic heterocycles. The average Bonchev–Trinajstić information content (AvgIpc) is 2.81. The highest BCUT2D eigenvalue weighted by Gasteiger charge is 2.47. The van der Waals surface area contributed by atoms with Gasteiger partial charge in [0, 0.05) is 5.56 Å². The Morgan fingerprint density at radius 2 is 1.74 bits per heavy atom. The summed E-state index contributed by atoms with van der Waals surface area (Å²) in [6.45, 7) is 4.07. The average molecular weight is 470 g/mol. The molecule has 3 aromatic carbocycles. The highest BCUT2D eigenvalue weighted by Crippen LogP contribution is 2.51. The molecule has 0 saturated carbocycles. The second-order valence-electron chi connectivity index (χ2n) is 8.55. The normalized spacial score (nSPS) is 18.6. The van der Waals surface area contributed by atoms with Crippen molar-refractivity contribution in [3.63, 3.8) is 0 Å². The third-order valence-electron chi connectivity index (χ3n) is 6.18. The summed E-state index contributed by atoms with van der Waals surface area (Å²) in [5, 5.41) is 9.94. The molecule has 2 N–H and O–H groups in total. The summed E-state index contributed by atoms with van der Waals surface area (Å²) in [7, 11) is -4.08. The van der Waals surface area contributed by atoms with Crippen molar-refractivity contribution in [2.24, 2.45) is 5.73 Å². The number of nitrogens with zero attached hydrogens (tertiary/aromatic N) is 2. The van der Waals surface area contributed by atoms with E-state index < -0.39 is 15.9 Å². The quantitative estimate of drug-likeness (QED) is 0.593. The molecule has 2 aliphatic rings. The van der Waals surface area contributed by atoms with Crippen molar-refractivity contribution in [2.75, 3.05) is 4.31 Å². The maximum Gasteiger partial charge on any atom is 0.265 e. The van der Waals surface area contributed by atoms with Crippen molar-refractivity contribution >= 4 is 21.5 Å². The highest BCUT2D eigenvalue weighted by molar-refractivity contribution is 7.96. The van der Waals surface area contributed by atoms with Gasteiger partial charge in [-0.15, -0.1) is 0 Å². The largest absolute Gasteiger partial charge is 0.439 e. The molecule has 6 nitrogen and oxygen atoms in total. The van der Waals surface area contributed by atoms with Crippen LogP contribution in [0.1, 0.15) is 33.7 Å². The van der Waals surface area contributed by atoms with E-state index in [2.05, 4.69) is 6.07 Å². The van der Waals surface area contributed by atoms with E-state index >= 15 is 0 Å². The Balaban J connectivity index is 1.76. The van der Waals surface area contributed by atoms with Crippen LogP contribution in [0.4, 0.5) is 5.69 Å². The number of nitrogens with two attached hydrogens (primary N) is 1. The summed E-state index contributed by atoms with van der Waals surface area (Å²) in [6, 6.07) is 24.5. The lowest BCUT2D eigenvalue weighted by Gasteiger charge is -2.38. The molecule has 3 aromatic rings. The number of para-hydroxylation sites is 1. The summed E-state index contributed by atoms with van der Waals surface area (Å²) in [5.74, 6) is -0.769. The maximum atomic E-state index is 14.2. The van der Waals surface area contributed by atoms with Crippen LogP contribution in [0.25, 0.3) is 5.76 Å². The topological polar surface area (TPSA) is 96.4 Å². The van der Waals surface area contributed by atoms with Gasteiger partial charge < -0.3 is 10.5 Å². The van der Waals surface area contributed by atoms with E-state index in [0.29, 0.717) is 16.8 Å². The molecule has 170 valence electrons. The van der Waals surface area contributed by atoms with Crippen LogP contribution in [0.15, 0.2) is 89.2 Å². The van der Waals surface area contributed by atoms with Crippen LogP contribution in [-0.2, 0) is 21.3 Å². The van der Waals surface area contributed by atoms with E-state index in [1.165, 1.54) is 4.31 Å². The Morgan fingerprint density at radius 3 is 2.44 bits per heavy atom. The van der Waals surface area contributed by atoms with Crippen molar-refractivity contribution in [1.82, 2.24) is 0 Å². The molecule has 5 rings (SSSR count). The van der Waals surface area contributed by atoms with Crippen molar-refractivity contribution in [3.8, 4) is 6.07 Å². The van der Waals surface area contributed by atoms with E-state index in [1.807, 2.05) is 74.5 Å². The smallest absolute Gasteiger partial charge is 0.265 e. The van der Waals surface area contributed by atoms with Crippen LogP contribution < -0.4 is 10.0 Å². The third kappa shape index (κ3) is 3.44. The second-order valence-corrected chi connectivity index (χ2v) is 10.4. The fraction of sp³-hybridized carbons (Fsp3) is 0.148. The molecule has 34 heavy (non-hydrogen) atoms. The molecule has 2 heterocycles. The lowest BCUT2D eigenvalue weighted by atomic mass is 9.88. The Morgan fingerprint density at radius 1 is 1.00 bits per heavy atom. The van der Waals surface area contributed by atoms with Crippen LogP contribution in [0.5, 0.6) is 0 Å². The van der Waals surface area contributed by atoms with E-state index in [0.717, 1.165) is 16.7 Å². The number of allylic oxidation sites excluding steroid dienone is 2. The summed E-state index contributed by atoms with van der Waals surface area (Å²) in [5.41, 5.74) is 11.0. The first-order valence-corrected chi connectivity index (χ1v) is 12.3. The van der Waals surface area contributed by atoms with Crippen molar-refractivity contribution < 1.29 is 13.2 Å². The molecular formula is C27H23N3O3S. The molecule has 0 unspecified atom stereocenters. The minimum Gasteiger partial charge on any atom is -0.439 e. The van der Waals surface area contributed by atoms with Gasteiger partial charge in [0.2, 0.25) is 5.88 Å². The molecule has 0 aliphatic carbocycles. The molecule has 0 amide bonds. The van der Waals surface area contributed by atoms with Crippen LogP contribution >= 0.6 is 0 Å². The number of hydrogen-bond acceptors (Lipinski definition) is 5. The number of anilines is 1. The second kappa shape index (κ2) is 8.08. The molecule has 1 atom stereocenters. The fourth-order valence-electron chi connectivity index (χ4n) is 4.55. The molecule has 7 heteroatoms. The first kappa shape index (κ1) is 21.8. The molecule has 0 saturated heterocycles. The van der Waals surface area contributed by atoms with Crippen LogP contribution in [0.2, 0.25) is 0 Å². The molecular weight excluding hydrogens is 446 g/mol. The summed E-state index contributed by atoms with van der Waals surface area (Å²) >= 11 is 0. The van der Waals surface area contributed by atoms with Crippen molar-refractivity contribution in [3.05, 3.63) is 117 Å². The predicted molar refractivity (Wildman–Crippen MR) is 131 cm³/mol. The van der Waals surface area contributed by atoms with E-state index in [9.17, 15) is 13.7 Å². The number of benzene rings is 3.